The number of fused-ring (bicyclic) bond motifs is 1. The Hall–Kier alpha value is -1.90. The molecule has 2 aromatic carbocycles. The molecule has 2 rings (SSSR count). The SMILES string of the molecule is O=C(N=C=S)c1ccc(F)c2ccccc12. The monoisotopic (exact) mass is 231 g/mol. The van der Waals surface area contributed by atoms with E-state index in [1.54, 1.807) is 24.3 Å². The molecule has 0 fully saturated rings. The number of thiocarbonyl (C=S) groups is 1. The van der Waals surface area contributed by atoms with Crippen molar-refractivity contribution in [1.29, 1.82) is 0 Å². The first kappa shape index (κ1) is 10.6. The third kappa shape index (κ3) is 1.76. The highest BCUT2D eigenvalue weighted by atomic mass is 32.1. The lowest BCUT2D eigenvalue weighted by atomic mass is 10.0. The van der Waals surface area contributed by atoms with Crippen LogP contribution in [-0.2, 0) is 0 Å². The zero-order valence-electron chi connectivity index (χ0n) is 8.11. The summed E-state index contributed by atoms with van der Waals surface area (Å²) in [7, 11) is 0. The number of carbonyl (C=O) groups is 1. The van der Waals surface area contributed by atoms with Crippen LogP contribution in [0.5, 0.6) is 0 Å². The lowest BCUT2D eigenvalue weighted by Crippen LogP contribution is -1.96. The minimum Gasteiger partial charge on any atom is -0.266 e. The van der Waals surface area contributed by atoms with E-state index in [9.17, 15) is 9.18 Å². The summed E-state index contributed by atoms with van der Waals surface area (Å²) in [5.74, 6) is -0.871. The van der Waals surface area contributed by atoms with Crippen LogP contribution in [0.4, 0.5) is 4.39 Å². The largest absolute Gasteiger partial charge is 0.286 e. The summed E-state index contributed by atoms with van der Waals surface area (Å²) in [5.41, 5.74) is 0.328. The minimum absolute atomic E-state index is 0.328. The lowest BCUT2D eigenvalue weighted by molar-refractivity contribution is 0.101. The second-order valence-electron chi connectivity index (χ2n) is 3.15. The molecule has 0 heterocycles. The molecule has 0 saturated carbocycles. The van der Waals surface area contributed by atoms with Crippen molar-refractivity contribution in [3.63, 3.8) is 0 Å². The molecule has 0 N–H and O–H groups in total. The maximum absolute atomic E-state index is 13.4. The molecule has 0 aliphatic carbocycles. The van der Waals surface area contributed by atoms with Gasteiger partial charge in [0.15, 0.2) is 0 Å². The van der Waals surface area contributed by atoms with Crippen LogP contribution in [0.25, 0.3) is 10.8 Å². The molecular weight excluding hydrogens is 225 g/mol. The summed E-state index contributed by atoms with van der Waals surface area (Å²) < 4.78 is 13.4. The standard InChI is InChI=1S/C12H6FNOS/c13-11-6-5-10(12(15)14-7-16)8-3-1-2-4-9(8)11/h1-6H. The van der Waals surface area contributed by atoms with E-state index in [-0.39, 0.29) is 5.82 Å². The van der Waals surface area contributed by atoms with Crippen molar-refractivity contribution in [3.05, 3.63) is 47.8 Å². The van der Waals surface area contributed by atoms with E-state index < -0.39 is 5.91 Å². The van der Waals surface area contributed by atoms with Crippen molar-refractivity contribution >= 4 is 34.1 Å². The fourth-order valence-corrected chi connectivity index (χ4v) is 1.63. The van der Waals surface area contributed by atoms with Gasteiger partial charge in [0.1, 0.15) is 5.82 Å². The molecule has 78 valence electrons. The number of hydrogen-bond acceptors (Lipinski definition) is 2. The lowest BCUT2D eigenvalue weighted by Gasteiger charge is -2.02. The number of carbonyl (C=O) groups excluding carboxylic acids is 1. The Morgan fingerprint density at radius 1 is 1.19 bits per heavy atom. The fourth-order valence-electron chi connectivity index (χ4n) is 1.55. The Morgan fingerprint density at radius 2 is 1.88 bits per heavy atom. The maximum atomic E-state index is 13.4. The predicted octanol–water partition coefficient (Wildman–Crippen LogP) is 3.22. The van der Waals surface area contributed by atoms with Gasteiger partial charge in [0, 0.05) is 5.39 Å². The Morgan fingerprint density at radius 3 is 2.56 bits per heavy atom. The number of aliphatic imine (C=N–C) groups is 1. The second-order valence-corrected chi connectivity index (χ2v) is 3.33. The molecule has 2 aromatic rings. The molecular formula is C12H6FNOS. The first-order valence-corrected chi connectivity index (χ1v) is 4.94. The molecule has 0 unspecified atom stereocenters. The molecule has 2 nitrogen and oxygen atoms in total. The minimum atomic E-state index is -0.508. The molecule has 16 heavy (non-hydrogen) atoms. The second kappa shape index (κ2) is 4.31. The van der Waals surface area contributed by atoms with Gasteiger partial charge in [0.05, 0.1) is 10.7 Å². The molecule has 0 spiro atoms. The smallest absolute Gasteiger partial charge is 0.266 e. The summed E-state index contributed by atoms with van der Waals surface area (Å²) >= 11 is 4.37. The molecule has 0 bridgehead atoms. The van der Waals surface area contributed by atoms with Crippen LogP contribution in [0.2, 0.25) is 0 Å². The summed E-state index contributed by atoms with van der Waals surface area (Å²) in [6, 6.07) is 9.37. The first-order valence-electron chi connectivity index (χ1n) is 4.53. The van der Waals surface area contributed by atoms with Gasteiger partial charge in [-0.1, -0.05) is 24.3 Å². The van der Waals surface area contributed by atoms with Crippen LogP contribution in [0.1, 0.15) is 10.4 Å². The van der Waals surface area contributed by atoms with Gasteiger partial charge >= 0.3 is 0 Å². The molecule has 1 amide bonds. The van der Waals surface area contributed by atoms with Gasteiger partial charge in [0.25, 0.3) is 5.91 Å². The van der Waals surface area contributed by atoms with Gasteiger partial charge in [-0.25, -0.2) is 4.39 Å². The van der Waals surface area contributed by atoms with Gasteiger partial charge in [-0.2, -0.15) is 4.99 Å². The van der Waals surface area contributed by atoms with E-state index in [0.29, 0.717) is 16.3 Å². The number of isothiocyanates is 1. The number of hydrogen-bond donors (Lipinski definition) is 0. The molecule has 0 atom stereocenters. The molecule has 0 radical (unpaired) electrons. The van der Waals surface area contributed by atoms with Crippen molar-refractivity contribution in [1.82, 2.24) is 0 Å². The van der Waals surface area contributed by atoms with Gasteiger partial charge in [-0.05, 0) is 29.7 Å². The summed E-state index contributed by atoms with van der Waals surface area (Å²) in [6.45, 7) is 0. The van der Waals surface area contributed by atoms with Crippen LogP contribution in [0, 0.1) is 5.82 Å². The van der Waals surface area contributed by atoms with Crippen LogP contribution in [-0.4, -0.2) is 11.1 Å². The molecule has 0 aromatic heterocycles. The van der Waals surface area contributed by atoms with E-state index >= 15 is 0 Å². The third-order valence-electron chi connectivity index (χ3n) is 2.25. The van der Waals surface area contributed by atoms with Crippen molar-refractivity contribution in [2.75, 3.05) is 0 Å². The Bertz CT molecular complexity index is 617. The van der Waals surface area contributed by atoms with E-state index in [1.165, 1.54) is 12.1 Å². The maximum Gasteiger partial charge on any atom is 0.286 e. The number of amides is 1. The van der Waals surface area contributed by atoms with E-state index in [1.807, 2.05) is 5.16 Å². The quantitative estimate of drug-likeness (QED) is 0.557. The average Bonchev–Trinajstić information content (AvgIpc) is 2.30. The number of benzene rings is 2. The summed E-state index contributed by atoms with van der Waals surface area (Å²) in [6.07, 6.45) is 0. The normalized spacial score (nSPS) is 9.81. The summed E-state index contributed by atoms with van der Waals surface area (Å²) in [4.78, 5) is 14.9. The fraction of sp³-hybridized carbons (Fsp3) is 0. The summed E-state index contributed by atoms with van der Waals surface area (Å²) in [5, 5.41) is 2.94. The average molecular weight is 231 g/mol. The highest BCUT2D eigenvalue weighted by Gasteiger charge is 2.10. The van der Waals surface area contributed by atoms with Crippen LogP contribution < -0.4 is 0 Å². The molecule has 0 aliphatic rings. The number of nitrogens with zero attached hydrogens (tertiary/aromatic N) is 1. The zero-order valence-corrected chi connectivity index (χ0v) is 8.92. The topological polar surface area (TPSA) is 29.4 Å². The third-order valence-corrected chi connectivity index (χ3v) is 2.34. The Balaban J connectivity index is 2.77. The van der Waals surface area contributed by atoms with Gasteiger partial charge < -0.3 is 0 Å². The zero-order chi connectivity index (χ0) is 11.5. The Kier molecular flexibility index (Phi) is 2.86. The highest BCUT2D eigenvalue weighted by molar-refractivity contribution is 7.78. The Labute approximate surface area is 96.4 Å². The van der Waals surface area contributed by atoms with Gasteiger partial charge in [-0.15, -0.1) is 0 Å². The number of halogens is 1. The number of rotatable bonds is 1. The molecule has 0 saturated heterocycles. The van der Waals surface area contributed by atoms with Crippen molar-refractivity contribution < 1.29 is 9.18 Å². The van der Waals surface area contributed by atoms with Gasteiger partial charge in [-0.3, -0.25) is 4.79 Å². The van der Waals surface area contributed by atoms with E-state index in [2.05, 4.69) is 17.2 Å². The predicted molar refractivity (Wildman–Crippen MR) is 63.3 cm³/mol. The van der Waals surface area contributed by atoms with E-state index in [0.717, 1.165) is 0 Å². The van der Waals surface area contributed by atoms with Crippen LogP contribution in [0.3, 0.4) is 0 Å². The van der Waals surface area contributed by atoms with Crippen molar-refractivity contribution in [3.8, 4) is 0 Å². The van der Waals surface area contributed by atoms with Crippen LogP contribution in [0.15, 0.2) is 41.4 Å². The van der Waals surface area contributed by atoms with Gasteiger partial charge in [0.2, 0.25) is 0 Å². The van der Waals surface area contributed by atoms with Crippen molar-refractivity contribution in [2.24, 2.45) is 4.99 Å². The highest BCUT2D eigenvalue weighted by Crippen LogP contribution is 2.22. The molecule has 4 heteroatoms. The van der Waals surface area contributed by atoms with Crippen LogP contribution >= 0.6 is 12.2 Å². The molecule has 0 aliphatic heterocycles. The first-order chi connectivity index (χ1) is 7.74. The van der Waals surface area contributed by atoms with Crippen molar-refractivity contribution in [2.45, 2.75) is 0 Å². The van der Waals surface area contributed by atoms with E-state index in [4.69, 9.17) is 0 Å².